The largest absolute Gasteiger partial charge is 0.496 e. The van der Waals surface area contributed by atoms with E-state index in [1.54, 1.807) is 14.0 Å². The highest BCUT2D eigenvalue weighted by molar-refractivity contribution is 6.01. The molecule has 0 unspecified atom stereocenters. The SMILES string of the molecule is COc1c(-c2ccccc2C(C)=O)ccc(C)c1C. The molecule has 0 bridgehead atoms. The van der Waals surface area contributed by atoms with Crippen LogP contribution in [0.3, 0.4) is 0 Å². The highest BCUT2D eigenvalue weighted by atomic mass is 16.5. The zero-order chi connectivity index (χ0) is 14.0. The zero-order valence-corrected chi connectivity index (χ0v) is 11.8. The number of hydrogen-bond acceptors (Lipinski definition) is 2. The number of Topliss-reactive ketones (excluding diaryl/α,β-unsaturated/α-hetero) is 1. The van der Waals surface area contributed by atoms with Crippen molar-refractivity contribution in [3.8, 4) is 16.9 Å². The molecule has 0 saturated carbocycles. The van der Waals surface area contributed by atoms with Crippen molar-refractivity contribution in [3.63, 3.8) is 0 Å². The molecule has 0 aromatic heterocycles. The summed E-state index contributed by atoms with van der Waals surface area (Å²) in [4.78, 5) is 11.8. The minimum atomic E-state index is 0.0656. The Morgan fingerprint density at radius 3 is 2.32 bits per heavy atom. The summed E-state index contributed by atoms with van der Waals surface area (Å²) in [6, 6.07) is 11.7. The van der Waals surface area contributed by atoms with Crippen molar-refractivity contribution >= 4 is 5.78 Å². The topological polar surface area (TPSA) is 26.3 Å². The van der Waals surface area contributed by atoms with E-state index in [-0.39, 0.29) is 5.78 Å². The van der Waals surface area contributed by atoms with Gasteiger partial charge in [0.2, 0.25) is 0 Å². The molecule has 0 heterocycles. The molecule has 2 rings (SSSR count). The summed E-state index contributed by atoms with van der Waals surface area (Å²) in [5, 5.41) is 0. The summed E-state index contributed by atoms with van der Waals surface area (Å²) in [5.74, 6) is 0.907. The molecule has 0 aliphatic rings. The fourth-order valence-corrected chi connectivity index (χ4v) is 2.29. The minimum absolute atomic E-state index is 0.0656. The number of aryl methyl sites for hydroxylation is 1. The van der Waals surface area contributed by atoms with Gasteiger partial charge in [0.25, 0.3) is 0 Å². The second-order valence-electron chi connectivity index (χ2n) is 4.69. The summed E-state index contributed by atoms with van der Waals surface area (Å²) < 4.78 is 5.53. The number of benzene rings is 2. The Morgan fingerprint density at radius 1 is 1.00 bits per heavy atom. The highest BCUT2D eigenvalue weighted by Gasteiger charge is 2.15. The average Bonchev–Trinajstić information content (AvgIpc) is 2.41. The van der Waals surface area contributed by atoms with Crippen LogP contribution in [0.4, 0.5) is 0 Å². The van der Waals surface area contributed by atoms with Gasteiger partial charge in [-0.05, 0) is 37.5 Å². The zero-order valence-electron chi connectivity index (χ0n) is 11.8. The lowest BCUT2D eigenvalue weighted by Crippen LogP contribution is -1.99. The van der Waals surface area contributed by atoms with Crippen LogP contribution in [0.15, 0.2) is 36.4 Å². The molecule has 98 valence electrons. The van der Waals surface area contributed by atoms with Crippen LogP contribution in [0.5, 0.6) is 5.75 Å². The second kappa shape index (κ2) is 5.27. The van der Waals surface area contributed by atoms with Gasteiger partial charge in [-0.1, -0.05) is 36.4 Å². The summed E-state index contributed by atoms with van der Waals surface area (Å²) in [6.45, 7) is 5.68. The third-order valence-electron chi connectivity index (χ3n) is 3.48. The van der Waals surface area contributed by atoms with Crippen molar-refractivity contribution in [1.29, 1.82) is 0 Å². The van der Waals surface area contributed by atoms with Gasteiger partial charge in [0.15, 0.2) is 5.78 Å². The molecule has 0 amide bonds. The number of carbonyl (C=O) groups is 1. The van der Waals surface area contributed by atoms with Crippen LogP contribution < -0.4 is 4.74 Å². The molecule has 0 N–H and O–H groups in total. The summed E-state index contributed by atoms with van der Waals surface area (Å²) in [6.07, 6.45) is 0. The molecule has 0 spiro atoms. The Bertz CT molecular complexity index is 627. The van der Waals surface area contributed by atoms with Crippen molar-refractivity contribution in [3.05, 3.63) is 53.1 Å². The average molecular weight is 254 g/mol. The molecule has 0 aliphatic carbocycles. The quantitative estimate of drug-likeness (QED) is 0.768. The van der Waals surface area contributed by atoms with Crippen LogP contribution >= 0.6 is 0 Å². The Kier molecular flexibility index (Phi) is 3.70. The number of rotatable bonds is 3. The Hall–Kier alpha value is -2.09. The minimum Gasteiger partial charge on any atom is -0.496 e. The van der Waals surface area contributed by atoms with E-state index in [2.05, 4.69) is 13.0 Å². The van der Waals surface area contributed by atoms with Gasteiger partial charge < -0.3 is 4.74 Å². The molecule has 0 aliphatic heterocycles. The maximum absolute atomic E-state index is 11.8. The fourth-order valence-electron chi connectivity index (χ4n) is 2.29. The first-order chi connectivity index (χ1) is 9.06. The highest BCUT2D eigenvalue weighted by Crippen LogP contribution is 2.36. The van der Waals surface area contributed by atoms with Gasteiger partial charge in [-0.25, -0.2) is 0 Å². The van der Waals surface area contributed by atoms with E-state index in [1.165, 1.54) is 5.56 Å². The van der Waals surface area contributed by atoms with Crippen molar-refractivity contribution in [1.82, 2.24) is 0 Å². The summed E-state index contributed by atoms with van der Waals surface area (Å²) in [5.41, 5.74) is 4.91. The van der Waals surface area contributed by atoms with Crippen LogP contribution in [0.25, 0.3) is 11.1 Å². The third kappa shape index (κ3) is 2.39. The van der Waals surface area contributed by atoms with E-state index in [9.17, 15) is 4.79 Å². The van der Waals surface area contributed by atoms with Gasteiger partial charge in [-0.2, -0.15) is 0 Å². The predicted molar refractivity (Wildman–Crippen MR) is 77.9 cm³/mol. The first-order valence-electron chi connectivity index (χ1n) is 6.30. The molecule has 2 aromatic rings. The summed E-state index contributed by atoms with van der Waals surface area (Å²) in [7, 11) is 1.67. The van der Waals surface area contributed by atoms with E-state index in [0.717, 1.165) is 28.0 Å². The molecular weight excluding hydrogens is 236 g/mol. The number of methoxy groups -OCH3 is 1. The van der Waals surface area contributed by atoms with E-state index in [0.29, 0.717) is 0 Å². The Labute approximate surface area is 114 Å². The number of carbonyl (C=O) groups excluding carboxylic acids is 1. The van der Waals surface area contributed by atoms with Crippen LogP contribution in [-0.2, 0) is 0 Å². The number of ketones is 1. The molecule has 2 heteroatoms. The Morgan fingerprint density at radius 2 is 1.68 bits per heavy atom. The summed E-state index contributed by atoms with van der Waals surface area (Å²) >= 11 is 0. The molecular formula is C17H18O2. The van der Waals surface area contributed by atoms with E-state index >= 15 is 0 Å². The van der Waals surface area contributed by atoms with Gasteiger partial charge in [-0.3, -0.25) is 4.79 Å². The van der Waals surface area contributed by atoms with Gasteiger partial charge in [0.1, 0.15) is 5.75 Å². The maximum Gasteiger partial charge on any atom is 0.160 e. The molecule has 2 aromatic carbocycles. The van der Waals surface area contributed by atoms with Gasteiger partial charge in [0.05, 0.1) is 7.11 Å². The van der Waals surface area contributed by atoms with E-state index < -0.39 is 0 Å². The molecule has 0 fully saturated rings. The van der Waals surface area contributed by atoms with Crippen molar-refractivity contribution < 1.29 is 9.53 Å². The van der Waals surface area contributed by atoms with E-state index in [4.69, 9.17) is 4.74 Å². The number of ether oxygens (including phenoxy) is 1. The first-order valence-corrected chi connectivity index (χ1v) is 6.30. The maximum atomic E-state index is 11.8. The van der Waals surface area contributed by atoms with Crippen molar-refractivity contribution in [2.75, 3.05) is 7.11 Å². The monoisotopic (exact) mass is 254 g/mol. The lowest BCUT2D eigenvalue weighted by Gasteiger charge is -2.15. The predicted octanol–water partition coefficient (Wildman–Crippen LogP) is 4.18. The van der Waals surface area contributed by atoms with Crippen LogP contribution in [0, 0.1) is 13.8 Å². The molecule has 0 atom stereocenters. The van der Waals surface area contributed by atoms with Crippen molar-refractivity contribution in [2.45, 2.75) is 20.8 Å². The third-order valence-corrected chi connectivity index (χ3v) is 3.48. The second-order valence-corrected chi connectivity index (χ2v) is 4.69. The molecule has 0 saturated heterocycles. The van der Waals surface area contributed by atoms with Crippen molar-refractivity contribution in [2.24, 2.45) is 0 Å². The first kappa shape index (κ1) is 13.3. The molecule has 2 nitrogen and oxygen atoms in total. The van der Waals surface area contributed by atoms with Crippen LogP contribution in [0.2, 0.25) is 0 Å². The number of hydrogen-bond donors (Lipinski definition) is 0. The standard InChI is InChI=1S/C17H18O2/c1-11-9-10-16(17(19-4)12(11)2)15-8-6-5-7-14(15)13(3)18/h5-10H,1-4H3. The Balaban J connectivity index is 2.73. The van der Waals surface area contributed by atoms with Gasteiger partial charge in [0, 0.05) is 11.1 Å². The molecule has 0 radical (unpaired) electrons. The normalized spacial score (nSPS) is 10.3. The smallest absolute Gasteiger partial charge is 0.160 e. The fraction of sp³-hybridized carbons (Fsp3) is 0.235. The van der Waals surface area contributed by atoms with Crippen LogP contribution in [-0.4, -0.2) is 12.9 Å². The molecule has 19 heavy (non-hydrogen) atoms. The van der Waals surface area contributed by atoms with Gasteiger partial charge in [-0.15, -0.1) is 0 Å². The lowest BCUT2D eigenvalue weighted by atomic mass is 9.94. The van der Waals surface area contributed by atoms with Gasteiger partial charge >= 0.3 is 0 Å². The van der Waals surface area contributed by atoms with Crippen LogP contribution in [0.1, 0.15) is 28.4 Å². The lowest BCUT2D eigenvalue weighted by molar-refractivity contribution is 0.101. The van der Waals surface area contributed by atoms with E-state index in [1.807, 2.05) is 37.3 Å².